The summed E-state index contributed by atoms with van der Waals surface area (Å²) in [5, 5.41) is 19.1. The fraction of sp³-hybridized carbons (Fsp3) is 0.360. The first kappa shape index (κ1) is 21.8. The molecule has 1 atom stereocenters. The van der Waals surface area contributed by atoms with Gasteiger partial charge in [-0.3, -0.25) is 0 Å². The van der Waals surface area contributed by atoms with Crippen LogP contribution in [0.25, 0.3) is 0 Å². The largest absolute Gasteiger partial charge is 0.478 e. The van der Waals surface area contributed by atoms with Gasteiger partial charge >= 0.3 is 5.97 Å². The van der Waals surface area contributed by atoms with Gasteiger partial charge < -0.3 is 9.53 Å². The van der Waals surface area contributed by atoms with Crippen LogP contribution >= 0.6 is 0 Å². The number of fused-ring (bicyclic) bond motifs is 1. The smallest absolute Gasteiger partial charge is 0.335 e. The summed E-state index contributed by atoms with van der Waals surface area (Å²) in [6, 6.07) is 15.0. The second-order valence-electron chi connectivity index (χ2n) is 9.43. The predicted octanol–water partition coefficient (Wildman–Crippen LogP) is 5.43. The average Bonchev–Trinajstić information content (AvgIpc) is 2.68. The van der Waals surface area contributed by atoms with Crippen molar-refractivity contribution in [1.29, 1.82) is 5.26 Å². The third-order valence-corrected chi connectivity index (χ3v) is 6.39. The Labute approximate surface area is 179 Å². The normalized spacial score (nSPS) is 19.7. The fourth-order valence-corrected chi connectivity index (χ4v) is 5.20. The Morgan fingerprint density at radius 2 is 1.60 bits per heavy atom. The number of rotatable bonds is 3. The standard InChI is InChI=1S/C25H27NO3Si/c1-24(2)14-15-25(17-26,29-30(3,4)5)21-13-10-19(16-22(21)24)7-6-18-8-11-20(12-9-18)23(27)28/h8-13,16H,14-15H2,1-5H3,(H,27,28). The molecule has 0 aromatic heterocycles. The van der Waals surface area contributed by atoms with Gasteiger partial charge in [0.2, 0.25) is 0 Å². The third-order valence-electron chi connectivity index (χ3n) is 5.43. The minimum atomic E-state index is -1.93. The molecule has 1 unspecified atom stereocenters. The van der Waals surface area contributed by atoms with Crippen LogP contribution in [0.3, 0.4) is 0 Å². The topological polar surface area (TPSA) is 70.3 Å². The molecule has 4 nitrogen and oxygen atoms in total. The zero-order chi connectivity index (χ0) is 22.2. The summed E-state index contributed by atoms with van der Waals surface area (Å²) in [5.74, 6) is 5.33. The van der Waals surface area contributed by atoms with Crippen molar-refractivity contribution in [3.05, 3.63) is 70.3 Å². The van der Waals surface area contributed by atoms with E-state index in [1.165, 1.54) is 0 Å². The molecule has 0 spiro atoms. The predicted molar refractivity (Wildman–Crippen MR) is 120 cm³/mol. The van der Waals surface area contributed by atoms with Gasteiger partial charge in [0.15, 0.2) is 13.9 Å². The second-order valence-corrected chi connectivity index (χ2v) is 13.9. The molecule has 0 saturated heterocycles. The number of aromatic carboxylic acids is 1. The maximum absolute atomic E-state index is 11.0. The number of nitrogens with zero attached hydrogens (tertiary/aromatic N) is 1. The van der Waals surface area contributed by atoms with Gasteiger partial charge in [0.25, 0.3) is 0 Å². The number of carboxylic acid groups (broad SMARTS) is 1. The average molecular weight is 418 g/mol. The van der Waals surface area contributed by atoms with Crippen molar-refractivity contribution in [2.24, 2.45) is 0 Å². The molecule has 0 aliphatic heterocycles. The Hall–Kier alpha value is -2.86. The lowest BCUT2D eigenvalue weighted by Gasteiger charge is -2.44. The summed E-state index contributed by atoms with van der Waals surface area (Å²) in [4.78, 5) is 11.0. The van der Waals surface area contributed by atoms with E-state index in [4.69, 9.17) is 9.53 Å². The van der Waals surface area contributed by atoms with E-state index in [9.17, 15) is 10.1 Å². The highest BCUT2D eigenvalue weighted by atomic mass is 28.4. The van der Waals surface area contributed by atoms with Crippen LogP contribution in [-0.2, 0) is 15.4 Å². The van der Waals surface area contributed by atoms with E-state index < -0.39 is 19.9 Å². The van der Waals surface area contributed by atoms with Crippen molar-refractivity contribution in [2.45, 2.75) is 57.3 Å². The van der Waals surface area contributed by atoms with Crippen molar-refractivity contribution >= 4 is 14.3 Å². The summed E-state index contributed by atoms with van der Waals surface area (Å²) in [5.41, 5.74) is 2.97. The molecule has 0 heterocycles. The van der Waals surface area contributed by atoms with Gasteiger partial charge in [-0.2, -0.15) is 5.26 Å². The number of benzene rings is 2. The molecular formula is C25H27NO3Si. The van der Waals surface area contributed by atoms with Gasteiger partial charge in [-0.25, -0.2) is 4.79 Å². The lowest BCUT2D eigenvalue weighted by molar-refractivity contribution is 0.0696. The molecular weight excluding hydrogens is 390 g/mol. The van der Waals surface area contributed by atoms with Gasteiger partial charge in [0.1, 0.15) is 6.07 Å². The number of carboxylic acids is 1. The first-order chi connectivity index (χ1) is 14.0. The number of hydrogen-bond donors (Lipinski definition) is 1. The van der Waals surface area contributed by atoms with Crippen LogP contribution in [-0.4, -0.2) is 19.4 Å². The van der Waals surface area contributed by atoms with Gasteiger partial charge in [-0.15, -0.1) is 0 Å². The van der Waals surface area contributed by atoms with Crippen LogP contribution in [0.15, 0.2) is 42.5 Å². The van der Waals surface area contributed by atoms with Crippen molar-refractivity contribution in [1.82, 2.24) is 0 Å². The first-order valence-electron chi connectivity index (χ1n) is 10.1. The Bertz CT molecular complexity index is 1080. The molecule has 0 fully saturated rings. The third kappa shape index (κ3) is 4.49. The van der Waals surface area contributed by atoms with E-state index in [2.05, 4.69) is 57.5 Å². The molecule has 154 valence electrons. The Kier molecular flexibility index (Phi) is 5.65. The Balaban J connectivity index is 2.01. The van der Waals surface area contributed by atoms with Crippen molar-refractivity contribution in [3.8, 4) is 17.9 Å². The number of nitriles is 1. The molecule has 2 aromatic carbocycles. The highest BCUT2D eigenvalue weighted by molar-refractivity contribution is 6.69. The molecule has 1 N–H and O–H groups in total. The molecule has 1 aliphatic carbocycles. The summed E-state index contributed by atoms with van der Waals surface area (Å²) in [6.45, 7) is 10.7. The van der Waals surface area contributed by atoms with E-state index in [-0.39, 0.29) is 11.0 Å². The highest BCUT2D eigenvalue weighted by Crippen LogP contribution is 2.47. The summed E-state index contributed by atoms with van der Waals surface area (Å²) >= 11 is 0. The first-order valence-corrected chi connectivity index (χ1v) is 13.5. The fourth-order valence-electron chi connectivity index (χ4n) is 3.90. The Morgan fingerprint density at radius 3 is 2.17 bits per heavy atom. The highest BCUT2D eigenvalue weighted by Gasteiger charge is 2.46. The molecule has 30 heavy (non-hydrogen) atoms. The monoisotopic (exact) mass is 417 g/mol. The van der Waals surface area contributed by atoms with Crippen LogP contribution < -0.4 is 0 Å². The molecule has 3 rings (SSSR count). The zero-order valence-corrected chi connectivity index (χ0v) is 19.2. The number of carbonyl (C=O) groups is 1. The van der Waals surface area contributed by atoms with Gasteiger partial charge in [-0.05, 0) is 79.9 Å². The summed E-state index contributed by atoms with van der Waals surface area (Å²) < 4.78 is 6.43. The van der Waals surface area contributed by atoms with Crippen LogP contribution in [0.1, 0.15) is 59.3 Å². The summed E-state index contributed by atoms with van der Waals surface area (Å²) in [6.07, 6.45) is 1.56. The maximum Gasteiger partial charge on any atom is 0.335 e. The molecule has 1 aliphatic rings. The van der Waals surface area contributed by atoms with Crippen molar-refractivity contribution in [3.63, 3.8) is 0 Å². The van der Waals surface area contributed by atoms with E-state index in [1.807, 2.05) is 12.1 Å². The Morgan fingerprint density at radius 1 is 1.00 bits per heavy atom. The molecule has 5 heteroatoms. The van der Waals surface area contributed by atoms with E-state index in [0.717, 1.165) is 28.7 Å². The molecule has 0 saturated carbocycles. The van der Waals surface area contributed by atoms with E-state index in [0.29, 0.717) is 6.42 Å². The van der Waals surface area contributed by atoms with Gasteiger partial charge in [0, 0.05) is 16.7 Å². The van der Waals surface area contributed by atoms with Crippen LogP contribution in [0.2, 0.25) is 19.6 Å². The number of hydrogen-bond acceptors (Lipinski definition) is 3. The van der Waals surface area contributed by atoms with Crippen LogP contribution in [0.5, 0.6) is 0 Å². The van der Waals surface area contributed by atoms with Gasteiger partial charge in [0.05, 0.1) is 5.56 Å². The van der Waals surface area contributed by atoms with Crippen LogP contribution in [0.4, 0.5) is 0 Å². The zero-order valence-electron chi connectivity index (χ0n) is 18.2. The lowest BCUT2D eigenvalue weighted by Crippen LogP contribution is -2.45. The molecule has 2 aromatic rings. The molecule has 0 radical (unpaired) electrons. The van der Waals surface area contributed by atoms with E-state index in [1.54, 1.807) is 24.3 Å². The molecule has 0 bridgehead atoms. The quantitative estimate of drug-likeness (QED) is 0.534. The minimum absolute atomic E-state index is 0.0701. The van der Waals surface area contributed by atoms with Crippen molar-refractivity contribution in [2.75, 3.05) is 0 Å². The summed E-state index contributed by atoms with van der Waals surface area (Å²) in [7, 11) is -1.93. The maximum atomic E-state index is 11.0. The lowest BCUT2D eigenvalue weighted by atomic mass is 9.67. The SMILES string of the molecule is CC1(C)CCC(C#N)(O[Si](C)(C)C)c2ccc(C#Cc3ccc(C(=O)O)cc3)cc21. The van der Waals surface area contributed by atoms with Gasteiger partial charge in [-0.1, -0.05) is 31.8 Å². The van der Waals surface area contributed by atoms with E-state index >= 15 is 0 Å². The van der Waals surface area contributed by atoms with Crippen LogP contribution in [0, 0.1) is 23.2 Å². The van der Waals surface area contributed by atoms with Crippen molar-refractivity contribution < 1.29 is 14.3 Å². The minimum Gasteiger partial charge on any atom is -0.478 e. The second kappa shape index (κ2) is 7.76. The molecule has 0 amide bonds.